The largest absolute Gasteiger partial charge is 3.00 e. The number of aryl methyl sites for hydroxylation is 1. The average molecular weight is 762 g/mol. The van der Waals surface area contributed by atoms with E-state index in [2.05, 4.69) is 158 Å². The van der Waals surface area contributed by atoms with Crippen molar-refractivity contribution in [2.75, 3.05) is 0 Å². The number of benzene rings is 5. The smallest absolute Gasteiger partial charge is 1.00 e. The molecule has 241 valence electrons. The van der Waals surface area contributed by atoms with Crippen LogP contribution in [0.4, 0.5) is 0 Å². The SMILES string of the molecule is Cc1[cH-]c2cc(C3C(C(C)C)=Cc4c(-c5ccc(C(C)(C)C)cc5)cccc43)c3c(-c4cccc5ccccc45)c2c1[Si]3(C)C.[Cl-].[Cl-].[Zr+3]. The van der Waals surface area contributed by atoms with Crippen LogP contribution in [0.15, 0.2) is 103 Å². The van der Waals surface area contributed by atoms with Crippen molar-refractivity contribution in [2.45, 2.75) is 66.0 Å². The Balaban J connectivity index is 0.00000150. The molecule has 2 aliphatic rings. The minimum Gasteiger partial charge on any atom is -1.00 e. The third kappa shape index (κ3) is 5.38. The maximum atomic E-state index is 2.61. The third-order valence-corrected chi connectivity index (χ3v) is 14.5. The van der Waals surface area contributed by atoms with Gasteiger partial charge in [-0.1, -0.05) is 168 Å². The van der Waals surface area contributed by atoms with Crippen LogP contribution in [0.1, 0.15) is 68.4 Å². The summed E-state index contributed by atoms with van der Waals surface area (Å²) in [6.45, 7) is 19.2. The monoisotopic (exact) mass is 759 g/mol. The molecule has 48 heavy (non-hydrogen) atoms. The third-order valence-electron chi connectivity index (χ3n) is 10.8. The van der Waals surface area contributed by atoms with Crippen molar-refractivity contribution in [1.82, 2.24) is 0 Å². The second kappa shape index (κ2) is 12.9. The van der Waals surface area contributed by atoms with Crippen LogP contribution in [0, 0.1) is 12.8 Å². The molecule has 0 fully saturated rings. The summed E-state index contributed by atoms with van der Waals surface area (Å²) in [6.07, 6.45) is 2.55. The summed E-state index contributed by atoms with van der Waals surface area (Å²) >= 11 is 0. The molecule has 1 radical (unpaired) electrons. The van der Waals surface area contributed by atoms with Crippen molar-refractivity contribution in [1.29, 1.82) is 0 Å². The van der Waals surface area contributed by atoms with E-state index in [1.165, 1.54) is 66.1 Å². The van der Waals surface area contributed by atoms with Gasteiger partial charge in [-0.05, 0) is 55.5 Å². The second-order valence-corrected chi connectivity index (χ2v) is 19.7. The van der Waals surface area contributed by atoms with Crippen LogP contribution < -0.4 is 35.2 Å². The Kier molecular flexibility index (Phi) is 9.88. The molecule has 1 unspecified atom stereocenters. The van der Waals surface area contributed by atoms with Crippen molar-refractivity contribution in [2.24, 2.45) is 5.92 Å². The Morgan fingerprint density at radius 1 is 0.750 bits per heavy atom. The quantitative estimate of drug-likeness (QED) is 0.176. The van der Waals surface area contributed by atoms with E-state index in [1.807, 2.05) is 0 Å². The Morgan fingerprint density at radius 3 is 2.08 bits per heavy atom. The summed E-state index contributed by atoms with van der Waals surface area (Å²) in [6, 6.07) is 37.3. The predicted octanol–water partition coefficient (Wildman–Crippen LogP) is 4.98. The zero-order valence-electron chi connectivity index (χ0n) is 29.2. The first-order valence-corrected chi connectivity index (χ1v) is 19.7. The van der Waals surface area contributed by atoms with Crippen LogP contribution in [0.2, 0.25) is 13.1 Å². The van der Waals surface area contributed by atoms with Crippen molar-refractivity contribution in [3.8, 4) is 22.3 Å². The van der Waals surface area contributed by atoms with Gasteiger partial charge in [0.05, 0.1) is 8.07 Å². The van der Waals surface area contributed by atoms with Crippen LogP contribution >= 0.6 is 0 Å². The molecule has 0 saturated carbocycles. The van der Waals surface area contributed by atoms with Gasteiger partial charge in [-0.3, -0.25) is 0 Å². The summed E-state index contributed by atoms with van der Waals surface area (Å²) in [5.74, 6) is 0.716. The number of allylic oxidation sites excluding steroid dienone is 1. The van der Waals surface area contributed by atoms with Gasteiger partial charge < -0.3 is 24.8 Å². The Hall–Kier alpha value is -2.61. The van der Waals surface area contributed by atoms with Gasteiger partial charge in [-0.15, -0.1) is 33.7 Å². The molecule has 0 saturated heterocycles. The fourth-order valence-corrected chi connectivity index (χ4v) is 12.9. The van der Waals surface area contributed by atoms with E-state index in [-0.39, 0.29) is 62.4 Å². The normalized spacial score (nSPS) is 15.7. The van der Waals surface area contributed by atoms with E-state index >= 15 is 0 Å². The number of hydrogen-bond acceptors (Lipinski definition) is 0. The molecule has 1 aliphatic carbocycles. The van der Waals surface area contributed by atoms with E-state index in [4.69, 9.17) is 0 Å². The topological polar surface area (TPSA) is 0 Å². The van der Waals surface area contributed by atoms with Gasteiger partial charge in [0.1, 0.15) is 0 Å². The molecule has 6 aromatic rings. The summed E-state index contributed by atoms with van der Waals surface area (Å²) in [7, 11) is -2.00. The molecule has 0 amide bonds. The van der Waals surface area contributed by atoms with Crippen LogP contribution in [-0.2, 0) is 31.6 Å². The zero-order chi connectivity index (χ0) is 31.4. The molecule has 1 aliphatic heterocycles. The first-order chi connectivity index (χ1) is 21.5. The van der Waals surface area contributed by atoms with E-state index in [0.29, 0.717) is 5.92 Å². The maximum Gasteiger partial charge on any atom is 3.00 e. The molecule has 1 atom stereocenters. The summed E-state index contributed by atoms with van der Waals surface area (Å²) in [5, 5.41) is 8.95. The van der Waals surface area contributed by atoms with Crippen LogP contribution in [0.3, 0.4) is 0 Å². The Bertz CT molecular complexity index is 2210. The zero-order valence-corrected chi connectivity index (χ0v) is 34.2. The number of halogens is 2. The molecule has 0 spiro atoms. The van der Waals surface area contributed by atoms with E-state index in [9.17, 15) is 0 Å². The molecule has 0 N–H and O–H groups in total. The van der Waals surface area contributed by atoms with Crippen molar-refractivity contribution < 1.29 is 51.0 Å². The Morgan fingerprint density at radius 2 is 1.40 bits per heavy atom. The van der Waals surface area contributed by atoms with Gasteiger partial charge in [0.2, 0.25) is 0 Å². The minimum atomic E-state index is -2.00. The molecular formula is C44H43Cl2SiZr. The van der Waals surface area contributed by atoms with Crippen LogP contribution in [0.5, 0.6) is 0 Å². The molecule has 1 heterocycles. The summed E-state index contributed by atoms with van der Waals surface area (Å²) < 4.78 is 0. The summed E-state index contributed by atoms with van der Waals surface area (Å²) in [4.78, 5) is 0. The predicted molar refractivity (Wildman–Crippen MR) is 199 cm³/mol. The molecule has 8 rings (SSSR count). The summed E-state index contributed by atoms with van der Waals surface area (Å²) in [5.41, 5.74) is 14.5. The maximum absolute atomic E-state index is 2.61. The number of fused-ring (bicyclic) bond motifs is 3. The number of hydrogen-bond donors (Lipinski definition) is 0. The molecule has 6 aromatic carbocycles. The molecule has 0 nitrogen and oxygen atoms in total. The van der Waals surface area contributed by atoms with Gasteiger partial charge >= 0.3 is 26.2 Å². The first-order valence-electron chi connectivity index (χ1n) is 16.7. The second-order valence-electron chi connectivity index (χ2n) is 15.4. The van der Waals surface area contributed by atoms with Crippen LogP contribution in [0.25, 0.3) is 49.9 Å². The van der Waals surface area contributed by atoms with E-state index < -0.39 is 8.07 Å². The standard InChI is InChI=1S/C44H43Si.2ClH.Zr/c1-26(2)36-25-37-33(29-19-21-31(22-20-29)44(4,5)6)16-12-18-35(37)40(36)38-24-30-23-27(3)42-39(30)41(43(38)45(42,7)8)34-17-11-14-28-13-9-10-15-32(28)34;;;/h9-26,40H,1-8H3;2*1H;/q-1;;;+3/p-2. The molecule has 0 aromatic heterocycles. The number of rotatable bonds is 4. The minimum absolute atomic E-state index is 0. The Labute approximate surface area is 319 Å². The molecule has 2 bridgehead atoms. The average Bonchev–Trinajstić information content (AvgIpc) is 3.62. The fourth-order valence-electron chi connectivity index (χ4n) is 8.83. The van der Waals surface area contributed by atoms with Gasteiger partial charge in [0.25, 0.3) is 0 Å². The van der Waals surface area contributed by atoms with Gasteiger partial charge in [-0.25, -0.2) is 0 Å². The van der Waals surface area contributed by atoms with Crippen molar-refractivity contribution in [3.63, 3.8) is 0 Å². The molecular weight excluding hydrogens is 719 g/mol. The van der Waals surface area contributed by atoms with Crippen LogP contribution in [-0.4, -0.2) is 8.07 Å². The fraction of sp³-hybridized carbons (Fsp3) is 0.250. The first kappa shape index (κ1) is 36.7. The van der Waals surface area contributed by atoms with Crippen molar-refractivity contribution in [3.05, 3.63) is 130 Å². The van der Waals surface area contributed by atoms with Gasteiger partial charge in [0.15, 0.2) is 0 Å². The van der Waals surface area contributed by atoms with Gasteiger partial charge in [0, 0.05) is 5.92 Å². The van der Waals surface area contributed by atoms with Crippen molar-refractivity contribution >= 4 is 46.1 Å². The van der Waals surface area contributed by atoms with Gasteiger partial charge in [-0.2, -0.15) is 0 Å². The van der Waals surface area contributed by atoms with E-state index in [0.717, 1.165) is 0 Å². The molecule has 4 heteroatoms. The van der Waals surface area contributed by atoms with E-state index in [1.54, 1.807) is 21.5 Å².